The first-order valence-corrected chi connectivity index (χ1v) is 13.0. The summed E-state index contributed by atoms with van der Waals surface area (Å²) in [5.74, 6) is -3.07. The van der Waals surface area contributed by atoms with Crippen LogP contribution in [0.15, 0.2) is 77.3 Å². The van der Waals surface area contributed by atoms with Gasteiger partial charge in [0.15, 0.2) is 12.4 Å². The summed E-state index contributed by atoms with van der Waals surface area (Å²) < 4.78 is 0.613. The van der Waals surface area contributed by atoms with Gasteiger partial charge in [0.1, 0.15) is 15.6 Å². The number of carboxylic acids is 3. The van der Waals surface area contributed by atoms with Gasteiger partial charge in [0, 0.05) is 4.47 Å². The lowest BCUT2D eigenvalue weighted by Gasteiger charge is -2.02. The summed E-state index contributed by atoms with van der Waals surface area (Å²) in [6.45, 7) is 4.31. The maximum absolute atomic E-state index is 10.5. The average Bonchev–Trinajstić information content (AvgIpc) is 2.91. The van der Waals surface area contributed by atoms with Crippen LogP contribution in [0.4, 0.5) is 0 Å². The van der Waals surface area contributed by atoms with Gasteiger partial charge in [0.25, 0.3) is 0 Å². The van der Waals surface area contributed by atoms with E-state index in [1.54, 1.807) is 70.9 Å². The highest BCUT2D eigenvalue weighted by Crippen LogP contribution is 2.14. The van der Waals surface area contributed by atoms with E-state index in [1.165, 1.54) is 24.3 Å². The van der Waals surface area contributed by atoms with E-state index in [-0.39, 0.29) is 16.6 Å². The van der Waals surface area contributed by atoms with Crippen molar-refractivity contribution in [2.24, 2.45) is 0 Å². The second kappa shape index (κ2) is 25.9. The molecular weight excluding hydrogens is 764 g/mol. The standard InChI is InChI=1S/C7H7BO4.C7H5BO2.C7H5BrO2.B2H2O2.BBr.BI/c9-7(10)5-3-1-2-4-6(5)8(11)12;2*8-6-4-2-1-3-5(6)7(9)10;1-2(3)4;2*1-2/h1-4,11-12H,(H,9,10);2*1-4H,(H,9,10);3-4H;;. The van der Waals surface area contributed by atoms with Gasteiger partial charge in [0.2, 0.25) is 0 Å². The highest BCUT2D eigenvalue weighted by atomic mass is 127. The van der Waals surface area contributed by atoms with Crippen LogP contribution in [-0.4, -0.2) is 95.4 Å². The SMILES string of the molecule is O=C(O)c1ccccc1B(O)O.O=C(O)c1ccccc1Br.[B]B(O)O.[B]Br.[B]I.[B]c1ccccc1C(=O)O. The fourth-order valence-electron chi connectivity index (χ4n) is 2.24. The summed E-state index contributed by atoms with van der Waals surface area (Å²) in [6, 6.07) is 18.8. The van der Waals surface area contributed by atoms with Crippen LogP contribution in [0.2, 0.25) is 0 Å². The van der Waals surface area contributed by atoms with Gasteiger partial charge in [-0.05, 0) is 45.7 Å². The summed E-state index contributed by atoms with van der Waals surface area (Å²) >= 11 is 7.20. The van der Waals surface area contributed by atoms with E-state index in [0.717, 1.165) is 0 Å². The molecule has 3 aromatic rings. The molecule has 0 aliphatic carbocycles. The Labute approximate surface area is 267 Å². The average molecular weight is 783 g/mol. The molecule has 7 N–H and O–H groups in total. The van der Waals surface area contributed by atoms with Gasteiger partial charge in [-0.1, -0.05) is 54.0 Å². The van der Waals surface area contributed by atoms with E-state index in [2.05, 4.69) is 51.8 Å². The Balaban J connectivity index is -0.000000456. The van der Waals surface area contributed by atoms with Gasteiger partial charge >= 0.3 is 32.0 Å². The van der Waals surface area contributed by atoms with E-state index in [1.807, 2.05) is 0 Å². The number of aromatic carboxylic acids is 3. The number of rotatable bonds is 4. The molecule has 0 aliphatic rings. The first-order chi connectivity index (χ1) is 18.8. The molecule has 0 atom stereocenters. The first-order valence-electron chi connectivity index (χ1n) is 10.1. The second-order valence-electron chi connectivity index (χ2n) is 6.36. The molecule has 3 rings (SSSR count). The van der Waals surface area contributed by atoms with E-state index in [0.29, 0.717) is 15.5 Å². The summed E-state index contributed by atoms with van der Waals surface area (Å²) in [4.78, 5) is 31.2. The number of benzene rings is 3. The normalized spacial score (nSPS) is 8.38. The Bertz CT molecular complexity index is 1100. The molecule has 8 radical (unpaired) electrons. The Morgan fingerprint density at radius 1 is 0.650 bits per heavy atom. The predicted octanol–water partition coefficient (Wildman–Crippen LogP) is 0.485. The summed E-state index contributed by atoms with van der Waals surface area (Å²) in [7, 11) is 6.16. The van der Waals surface area contributed by atoms with E-state index >= 15 is 0 Å². The highest BCUT2D eigenvalue weighted by molar-refractivity contribution is 14.1. The zero-order valence-electron chi connectivity index (χ0n) is 20.4. The largest absolute Gasteiger partial charge is 0.489 e. The minimum atomic E-state index is -1.74. The van der Waals surface area contributed by atoms with Crippen molar-refractivity contribution in [3.05, 3.63) is 94.0 Å². The van der Waals surface area contributed by atoms with Gasteiger partial charge in [0.05, 0.1) is 16.7 Å². The van der Waals surface area contributed by atoms with E-state index in [4.69, 9.17) is 43.3 Å². The van der Waals surface area contributed by atoms with Crippen LogP contribution in [0.5, 0.6) is 0 Å². The molecule has 202 valence electrons. The molecule has 0 bridgehead atoms. The van der Waals surface area contributed by atoms with Crippen molar-refractivity contribution in [2.75, 3.05) is 0 Å². The molecule has 0 saturated carbocycles. The molecule has 0 unspecified atom stereocenters. The lowest BCUT2D eigenvalue weighted by Crippen LogP contribution is -2.34. The third kappa shape index (κ3) is 20.0. The molecule has 40 heavy (non-hydrogen) atoms. The Morgan fingerprint density at radius 3 is 1.25 bits per heavy atom. The molecule has 10 nitrogen and oxygen atoms in total. The van der Waals surface area contributed by atoms with Crippen molar-refractivity contribution in [3.8, 4) is 0 Å². The van der Waals surface area contributed by atoms with Gasteiger partial charge < -0.3 is 35.4 Å². The molecular formula is C21H19B6Br2IO10. The lowest BCUT2D eigenvalue weighted by atomic mass is 9.64. The number of hydrogen-bond acceptors (Lipinski definition) is 7. The highest BCUT2D eigenvalue weighted by Gasteiger charge is 2.18. The van der Waals surface area contributed by atoms with Crippen molar-refractivity contribution >= 4 is 125 Å². The van der Waals surface area contributed by atoms with Gasteiger partial charge in [-0.3, -0.25) is 0 Å². The monoisotopic (exact) mass is 782 g/mol. The number of carboxylic acid groups (broad SMARTS) is 3. The van der Waals surface area contributed by atoms with Crippen LogP contribution in [0.1, 0.15) is 31.1 Å². The Morgan fingerprint density at radius 2 is 0.975 bits per heavy atom. The zero-order valence-corrected chi connectivity index (χ0v) is 25.7. The maximum Gasteiger partial charge on any atom is 0.489 e. The molecule has 0 fully saturated rings. The number of carbonyl (C=O) groups is 3. The molecule has 0 amide bonds. The summed E-state index contributed by atoms with van der Waals surface area (Å²) in [5.41, 5.74) is 5.13. The molecule has 3 aromatic carbocycles. The van der Waals surface area contributed by atoms with Crippen LogP contribution in [0.25, 0.3) is 0 Å². The molecule has 19 heteroatoms. The Hall–Kier alpha value is -2.01. The molecule has 0 heterocycles. The van der Waals surface area contributed by atoms with Crippen molar-refractivity contribution in [1.29, 1.82) is 0 Å². The van der Waals surface area contributed by atoms with Crippen molar-refractivity contribution in [2.45, 2.75) is 0 Å². The van der Waals surface area contributed by atoms with Gasteiger partial charge in [-0.2, -0.15) is 38.1 Å². The summed E-state index contributed by atoms with van der Waals surface area (Å²) in [6.07, 6.45) is 0. The van der Waals surface area contributed by atoms with Crippen LogP contribution in [0, 0.1) is 0 Å². The second-order valence-corrected chi connectivity index (χ2v) is 7.21. The molecule has 0 aliphatic heterocycles. The molecule has 0 aromatic heterocycles. The van der Waals surface area contributed by atoms with Crippen LogP contribution in [0.3, 0.4) is 0 Å². The third-order valence-electron chi connectivity index (χ3n) is 3.76. The quantitative estimate of drug-likeness (QED) is 0.145. The van der Waals surface area contributed by atoms with Gasteiger partial charge in [-0.15, -0.1) is 0 Å². The van der Waals surface area contributed by atoms with Crippen LogP contribution < -0.4 is 10.9 Å². The van der Waals surface area contributed by atoms with E-state index in [9.17, 15) is 14.4 Å². The first kappa shape index (κ1) is 42.5. The number of halogens is 3. The maximum atomic E-state index is 10.5. The fraction of sp³-hybridized carbons (Fsp3) is 0. The molecule has 0 spiro atoms. The van der Waals surface area contributed by atoms with Crippen LogP contribution in [-0.2, 0) is 0 Å². The minimum absolute atomic E-state index is 0.00463. The lowest BCUT2D eigenvalue weighted by molar-refractivity contribution is 0.0685. The minimum Gasteiger partial charge on any atom is -0.478 e. The topological polar surface area (TPSA) is 193 Å². The Kier molecular flexibility index (Phi) is 27.5. The third-order valence-corrected chi connectivity index (χ3v) is 4.46. The van der Waals surface area contributed by atoms with Crippen molar-refractivity contribution in [3.63, 3.8) is 0 Å². The summed E-state index contributed by atoms with van der Waals surface area (Å²) in [5, 5.41) is 57.9. The zero-order chi connectivity index (χ0) is 31.8. The predicted molar refractivity (Wildman–Crippen MR) is 174 cm³/mol. The molecule has 0 saturated heterocycles. The van der Waals surface area contributed by atoms with Crippen molar-refractivity contribution < 1.29 is 49.8 Å². The number of hydrogen-bond donors (Lipinski definition) is 7. The fourth-order valence-corrected chi connectivity index (χ4v) is 2.70. The van der Waals surface area contributed by atoms with Gasteiger partial charge in [-0.25, -0.2) is 14.4 Å². The van der Waals surface area contributed by atoms with Crippen molar-refractivity contribution in [1.82, 2.24) is 0 Å². The van der Waals surface area contributed by atoms with E-state index < -0.39 is 32.0 Å². The van der Waals surface area contributed by atoms with Crippen LogP contribution >= 0.6 is 54.1 Å². The smallest absolute Gasteiger partial charge is 0.478 e.